The quantitative estimate of drug-likeness (QED) is 0.561. The van der Waals surface area contributed by atoms with Crippen molar-refractivity contribution in [1.29, 1.82) is 0 Å². The van der Waals surface area contributed by atoms with Crippen LogP contribution in [0.4, 0.5) is 0 Å². The molecular weight excluding hydrogens is 136 g/mol. The van der Waals surface area contributed by atoms with Gasteiger partial charge < -0.3 is 10.6 Å². The molecule has 0 aromatic carbocycles. The van der Waals surface area contributed by atoms with Crippen LogP contribution < -0.4 is 5.73 Å². The van der Waals surface area contributed by atoms with Crippen molar-refractivity contribution in [3.8, 4) is 0 Å². The zero-order chi connectivity index (χ0) is 6.85. The van der Waals surface area contributed by atoms with Crippen LogP contribution in [0.5, 0.6) is 0 Å². The fourth-order valence-electron chi connectivity index (χ4n) is 0.647. The van der Waals surface area contributed by atoms with E-state index in [1.807, 2.05) is 18.7 Å². The summed E-state index contributed by atoms with van der Waals surface area (Å²) in [6, 6.07) is 0. The molecule has 1 aliphatic heterocycles. The number of nitrogens with two attached hydrogens (primary N) is 1. The molecule has 0 aliphatic carbocycles. The molecule has 0 spiro atoms. The van der Waals surface area contributed by atoms with Crippen molar-refractivity contribution < 1.29 is 4.79 Å². The standard InChI is InChI=1S/C5H8N2OS/c1-7-2-3-9-5(7)4(6)8/h2-3,5H,1H3,(H2,6,8). The van der Waals surface area contributed by atoms with Gasteiger partial charge in [0.2, 0.25) is 0 Å². The molecule has 1 rings (SSSR count). The summed E-state index contributed by atoms with van der Waals surface area (Å²) in [5, 5.41) is 1.67. The lowest BCUT2D eigenvalue weighted by Crippen LogP contribution is -2.34. The Hall–Kier alpha value is -0.640. The molecule has 9 heavy (non-hydrogen) atoms. The second-order valence-corrected chi connectivity index (χ2v) is 2.83. The maximum Gasteiger partial charge on any atom is 0.250 e. The fraction of sp³-hybridized carbons (Fsp3) is 0.400. The highest BCUT2D eigenvalue weighted by Crippen LogP contribution is 2.22. The zero-order valence-corrected chi connectivity index (χ0v) is 5.89. The monoisotopic (exact) mass is 144 g/mol. The van der Waals surface area contributed by atoms with E-state index >= 15 is 0 Å². The minimum atomic E-state index is -0.285. The van der Waals surface area contributed by atoms with Gasteiger partial charge in [0.05, 0.1) is 0 Å². The molecule has 0 saturated heterocycles. The minimum absolute atomic E-state index is 0.190. The summed E-state index contributed by atoms with van der Waals surface area (Å²) in [4.78, 5) is 12.3. The lowest BCUT2D eigenvalue weighted by Gasteiger charge is -2.14. The first-order valence-electron chi connectivity index (χ1n) is 2.55. The smallest absolute Gasteiger partial charge is 0.250 e. The molecule has 1 unspecified atom stereocenters. The van der Waals surface area contributed by atoms with Gasteiger partial charge in [0.15, 0.2) is 5.37 Å². The van der Waals surface area contributed by atoms with Gasteiger partial charge in [0, 0.05) is 13.2 Å². The van der Waals surface area contributed by atoms with Crippen molar-refractivity contribution in [3.63, 3.8) is 0 Å². The number of rotatable bonds is 1. The maximum absolute atomic E-state index is 10.5. The maximum atomic E-state index is 10.5. The highest BCUT2D eigenvalue weighted by Gasteiger charge is 2.21. The van der Waals surface area contributed by atoms with E-state index in [1.165, 1.54) is 11.8 Å². The number of nitrogens with zero attached hydrogens (tertiary/aromatic N) is 1. The molecule has 1 heterocycles. The number of likely N-dealkylation sites (N-methyl/N-ethyl adjacent to an activating group) is 1. The molecule has 0 aromatic rings. The molecule has 0 fully saturated rings. The third-order valence-corrected chi connectivity index (χ3v) is 2.22. The Morgan fingerprint density at radius 3 is 2.78 bits per heavy atom. The van der Waals surface area contributed by atoms with Crippen LogP contribution in [0.2, 0.25) is 0 Å². The SMILES string of the molecule is CN1C=CSC1C(N)=O. The summed E-state index contributed by atoms with van der Waals surface area (Å²) < 4.78 is 0. The first kappa shape index (κ1) is 6.48. The molecule has 0 bridgehead atoms. The van der Waals surface area contributed by atoms with Gasteiger partial charge in [0.1, 0.15) is 0 Å². The molecule has 1 amide bonds. The molecule has 50 valence electrons. The van der Waals surface area contributed by atoms with Crippen LogP contribution in [-0.2, 0) is 4.79 Å². The van der Waals surface area contributed by atoms with Crippen LogP contribution in [0.25, 0.3) is 0 Å². The lowest BCUT2D eigenvalue weighted by atomic mass is 10.5. The topological polar surface area (TPSA) is 46.3 Å². The Kier molecular flexibility index (Phi) is 1.66. The molecule has 0 aromatic heterocycles. The molecule has 0 saturated carbocycles. The summed E-state index contributed by atoms with van der Waals surface area (Å²) in [6.45, 7) is 0. The number of carbonyl (C=O) groups excluding carboxylic acids is 1. The van der Waals surface area contributed by atoms with E-state index < -0.39 is 0 Å². The summed E-state index contributed by atoms with van der Waals surface area (Å²) in [7, 11) is 1.83. The lowest BCUT2D eigenvalue weighted by molar-refractivity contribution is -0.119. The molecular formula is C5H8N2OS. The van der Waals surface area contributed by atoms with Gasteiger partial charge in [0.25, 0.3) is 5.91 Å². The first-order valence-corrected chi connectivity index (χ1v) is 3.49. The van der Waals surface area contributed by atoms with Gasteiger partial charge in [-0.3, -0.25) is 4.79 Å². The Labute approximate surface area is 57.9 Å². The molecule has 3 nitrogen and oxygen atoms in total. The minimum Gasteiger partial charge on any atom is -0.367 e. The number of amides is 1. The summed E-state index contributed by atoms with van der Waals surface area (Å²) >= 11 is 1.43. The van der Waals surface area contributed by atoms with Crippen molar-refractivity contribution >= 4 is 17.7 Å². The van der Waals surface area contributed by atoms with Crippen LogP contribution in [0.3, 0.4) is 0 Å². The van der Waals surface area contributed by atoms with E-state index in [0.29, 0.717) is 0 Å². The third-order valence-electron chi connectivity index (χ3n) is 1.12. The largest absolute Gasteiger partial charge is 0.367 e. The van der Waals surface area contributed by atoms with Gasteiger partial charge in [-0.05, 0) is 5.41 Å². The normalized spacial score (nSPS) is 25.0. The number of carbonyl (C=O) groups is 1. The van der Waals surface area contributed by atoms with Gasteiger partial charge in [-0.2, -0.15) is 0 Å². The van der Waals surface area contributed by atoms with Crippen molar-refractivity contribution in [1.82, 2.24) is 4.90 Å². The Balaban J connectivity index is 2.55. The zero-order valence-electron chi connectivity index (χ0n) is 5.07. The summed E-state index contributed by atoms with van der Waals surface area (Å²) in [5.74, 6) is -0.285. The van der Waals surface area contributed by atoms with E-state index in [0.717, 1.165) is 0 Å². The highest BCUT2D eigenvalue weighted by molar-refractivity contribution is 8.03. The van der Waals surface area contributed by atoms with E-state index in [4.69, 9.17) is 5.73 Å². The summed E-state index contributed by atoms with van der Waals surface area (Å²) in [6.07, 6.45) is 1.83. The number of primary amides is 1. The average molecular weight is 144 g/mol. The second-order valence-electron chi connectivity index (χ2n) is 1.84. The number of thioether (sulfide) groups is 1. The van der Waals surface area contributed by atoms with Crippen molar-refractivity contribution in [3.05, 3.63) is 11.6 Å². The van der Waals surface area contributed by atoms with Gasteiger partial charge in [-0.25, -0.2) is 0 Å². The predicted octanol–water partition coefficient (Wildman–Crippen LogP) is -0.0524. The molecule has 2 N–H and O–H groups in total. The van der Waals surface area contributed by atoms with Gasteiger partial charge >= 0.3 is 0 Å². The van der Waals surface area contributed by atoms with Crippen molar-refractivity contribution in [2.75, 3.05) is 7.05 Å². The van der Waals surface area contributed by atoms with E-state index in [9.17, 15) is 4.79 Å². The van der Waals surface area contributed by atoms with Gasteiger partial charge in [-0.15, -0.1) is 0 Å². The third kappa shape index (κ3) is 1.18. The van der Waals surface area contributed by atoms with Crippen LogP contribution in [-0.4, -0.2) is 23.2 Å². The molecule has 1 atom stereocenters. The van der Waals surface area contributed by atoms with E-state index in [-0.39, 0.29) is 11.3 Å². The Morgan fingerprint density at radius 2 is 2.56 bits per heavy atom. The highest BCUT2D eigenvalue weighted by atomic mass is 32.2. The average Bonchev–Trinajstić information content (AvgIpc) is 2.13. The van der Waals surface area contributed by atoms with Gasteiger partial charge in [-0.1, -0.05) is 11.8 Å². The molecule has 4 heteroatoms. The van der Waals surface area contributed by atoms with E-state index in [1.54, 1.807) is 4.90 Å². The van der Waals surface area contributed by atoms with Crippen LogP contribution in [0, 0.1) is 0 Å². The molecule has 0 radical (unpaired) electrons. The Morgan fingerprint density at radius 1 is 1.89 bits per heavy atom. The first-order chi connectivity index (χ1) is 4.22. The van der Waals surface area contributed by atoms with E-state index in [2.05, 4.69) is 0 Å². The predicted molar refractivity (Wildman–Crippen MR) is 37.5 cm³/mol. The summed E-state index contributed by atoms with van der Waals surface area (Å²) in [5.41, 5.74) is 5.05. The van der Waals surface area contributed by atoms with Crippen molar-refractivity contribution in [2.45, 2.75) is 5.37 Å². The van der Waals surface area contributed by atoms with Crippen LogP contribution in [0.15, 0.2) is 11.6 Å². The second kappa shape index (κ2) is 2.31. The fourth-order valence-corrected chi connectivity index (χ4v) is 1.45. The van der Waals surface area contributed by atoms with Crippen molar-refractivity contribution in [2.24, 2.45) is 5.73 Å². The Bertz CT molecular complexity index is 157. The van der Waals surface area contributed by atoms with Crippen LogP contribution in [0.1, 0.15) is 0 Å². The number of hydrogen-bond acceptors (Lipinski definition) is 3. The number of hydrogen-bond donors (Lipinski definition) is 1. The van der Waals surface area contributed by atoms with Crippen LogP contribution >= 0.6 is 11.8 Å². The molecule has 1 aliphatic rings.